The standard InChI is InChI=1S/C16H15N3O5S.C16H17N3O3S.C14H20N2O3S.C9H18N2O2.C9H12N2OS.C5H3ClOS.CH4/c20-14-11(3-1-4-12(14)19(23)24)15(21)17-6-8-18(9-7-17)16(22)13-5-2-10-25-13;17-12-4-1-3-11(14(12)20)15(21)18-6-8-19(9-7-18)16(22)13-5-2-10-23-13;1-14(2,3)19-13(18)16-8-6-15(7-9-16)12(17)11-5-4-10-20-11;1-9(2,3)13-8(12)11-6-4-10-5-7-11;12-9(8-2-1-7-13-8)11-5-3-10-4-6-11;6-5(7)4-2-1-3-8-4;/h1-5,10,20H,6-9H2;1-5,10,20H,6-9,17H2;4-5,10H,6-9H2,1-3H3;10H,4-7H2,1-3H3;1-2,7,10H,3-6H2;1-3H;1H4. The third-order valence-corrected chi connectivity index (χ3v) is 20.1. The zero-order valence-electron chi connectivity index (χ0n) is 57.5. The Labute approximate surface area is 624 Å². The first-order valence-corrected chi connectivity index (χ1v) is 37.4. The van der Waals surface area contributed by atoms with E-state index in [1.807, 2.05) is 110 Å². The van der Waals surface area contributed by atoms with Crippen LogP contribution >= 0.6 is 68.3 Å². The van der Waals surface area contributed by atoms with E-state index in [-0.39, 0.29) is 82.6 Å². The van der Waals surface area contributed by atoms with Gasteiger partial charge in [0.25, 0.3) is 40.7 Å². The molecule has 5 aromatic heterocycles. The number of anilines is 1. The molecule has 12 rings (SSSR count). The summed E-state index contributed by atoms with van der Waals surface area (Å²) in [6, 6.07) is 26.8. The van der Waals surface area contributed by atoms with Gasteiger partial charge in [-0.05, 0) is 129 Å². The summed E-state index contributed by atoms with van der Waals surface area (Å²) in [7, 11) is 0. The summed E-state index contributed by atoms with van der Waals surface area (Å²) in [5, 5.41) is 46.2. The van der Waals surface area contributed by atoms with E-state index in [9.17, 15) is 63.5 Å². The Morgan fingerprint density at radius 3 is 0.981 bits per heavy atom. The summed E-state index contributed by atoms with van der Waals surface area (Å²) in [4.78, 5) is 135. The van der Waals surface area contributed by atoms with Gasteiger partial charge in [-0.1, -0.05) is 49.9 Å². The van der Waals surface area contributed by atoms with Gasteiger partial charge in [0.2, 0.25) is 5.75 Å². The Morgan fingerprint density at radius 2 is 0.689 bits per heavy atom. The summed E-state index contributed by atoms with van der Waals surface area (Å²) in [6.45, 7) is 23.2. The highest BCUT2D eigenvalue weighted by molar-refractivity contribution is 7.14. The number of carbonyl (C=O) groups is 9. The molecule has 0 spiro atoms. The van der Waals surface area contributed by atoms with Crippen LogP contribution in [-0.2, 0) is 9.47 Å². The smallest absolute Gasteiger partial charge is 0.410 e. The van der Waals surface area contributed by atoms with Crippen molar-refractivity contribution in [2.45, 2.75) is 60.2 Å². The first-order valence-electron chi connectivity index (χ1n) is 32.6. The van der Waals surface area contributed by atoms with Gasteiger partial charge in [-0.2, -0.15) is 0 Å². The molecule has 0 unspecified atom stereocenters. The number of para-hydroxylation sites is 2. The van der Waals surface area contributed by atoms with E-state index in [1.165, 1.54) is 73.7 Å². The maximum atomic E-state index is 12.5. The van der Waals surface area contributed by atoms with Crippen LogP contribution in [0.5, 0.6) is 11.5 Å². The van der Waals surface area contributed by atoms with Crippen molar-refractivity contribution in [1.29, 1.82) is 0 Å². The highest BCUT2D eigenvalue weighted by Crippen LogP contribution is 2.31. The van der Waals surface area contributed by atoms with Crippen LogP contribution in [0.3, 0.4) is 0 Å². The van der Waals surface area contributed by atoms with E-state index in [1.54, 1.807) is 71.9 Å². The molecular weight excluding hydrogens is 1440 g/mol. The number of hydrogen-bond acceptors (Lipinski definition) is 23. The molecule has 33 heteroatoms. The average Bonchev–Trinajstić information content (AvgIpc) is 1.82. The molecule has 103 heavy (non-hydrogen) atoms. The molecule has 5 fully saturated rings. The number of nitro groups is 1. The molecule has 5 aliphatic heterocycles. The minimum Gasteiger partial charge on any atom is -0.505 e. The van der Waals surface area contributed by atoms with Gasteiger partial charge in [-0.25, -0.2) is 9.59 Å². The topological polar surface area (TPSA) is 332 Å². The van der Waals surface area contributed by atoms with Crippen LogP contribution in [0, 0.1) is 10.1 Å². The Morgan fingerprint density at radius 1 is 0.417 bits per heavy atom. The molecule has 27 nitrogen and oxygen atoms in total. The first-order chi connectivity index (χ1) is 48.6. The van der Waals surface area contributed by atoms with Crippen molar-refractivity contribution in [1.82, 2.24) is 49.8 Å². The number of hydrogen-bond donors (Lipinski definition) is 5. The fourth-order valence-corrected chi connectivity index (χ4v) is 13.7. The van der Waals surface area contributed by atoms with Gasteiger partial charge in [-0.3, -0.25) is 43.7 Å². The second-order valence-corrected chi connectivity index (χ2v) is 30.1. The number of aromatic hydroxyl groups is 2. The van der Waals surface area contributed by atoms with E-state index in [2.05, 4.69) is 10.6 Å². The van der Waals surface area contributed by atoms with Crippen LogP contribution in [0.25, 0.3) is 0 Å². The summed E-state index contributed by atoms with van der Waals surface area (Å²) < 4.78 is 10.6. The number of carbonyl (C=O) groups excluding carboxylic acids is 9. The van der Waals surface area contributed by atoms with E-state index in [0.29, 0.717) is 93.2 Å². The van der Waals surface area contributed by atoms with Gasteiger partial charge in [0, 0.05) is 137 Å². The van der Waals surface area contributed by atoms with Crippen LogP contribution in [-0.4, -0.2) is 249 Å². The maximum Gasteiger partial charge on any atom is 0.410 e. The van der Waals surface area contributed by atoms with Crippen molar-refractivity contribution in [3.8, 4) is 11.5 Å². The molecule has 0 saturated carbocycles. The second-order valence-electron chi connectivity index (χ2n) is 25.0. The molecule has 0 radical (unpaired) electrons. The third-order valence-electron chi connectivity index (χ3n) is 15.5. The quantitative estimate of drug-likeness (QED) is 0.0310. The van der Waals surface area contributed by atoms with Gasteiger partial charge >= 0.3 is 17.9 Å². The molecule has 0 atom stereocenters. The second kappa shape index (κ2) is 40.1. The van der Waals surface area contributed by atoms with Crippen molar-refractivity contribution in [2.75, 3.05) is 137 Å². The van der Waals surface area contributed by atoms with Gasteiger partial charge in [-0.15, -0.1) is 56.7 Å². The van der Waals surface area contributed by atoms with E-state index in [4.69, 9.17) is 26.8 Å². The fraction of sp³-hybridized carbons (Fsp3) is 0.414. The van der Waals surface area contributed by atoms with Crippen molar-refractivity contribution in [2.24, 2.45) is 0 Å². The normalized spacial score (nSPS) is 15.2. The number of halogens is 1. The number of amides is 8. The number of nitrogens with two attached hydrogens (primary N) is 1. The van der Waals surface area contributed by atoms with E-state index < -0.39 is 27.9 Å². The molecule has 0 bridgehead atoms. The zero-order valence-corrected chi connectivity index (χ0v) is 62.3. The number of ether oxygens (including phenoxy) is 2. The number of nitrogen functional groups attached to an aromatic ring is 1. The molecule has 6 N–H and O–H groups in total. The number of nitrogens with zero attached hydrogens (tertiary/aromatic N) is 9. The minimum absolute atomic E-state index is 0. The number of rotatable bonds is 8. The molecule has 5 saturated heterocycles. The lowest BCUT2D eigenvalue weighted by molar-refractivity contribution is -0.385. The van der Waals surface area contributed by atoms with Crippen molar-refractivity contribution < 1.29 is 67.8 Å². The van der Waals surface area contributed by atoms with Gasteiger partial charge in [0.05, 0.1) is 46.1 Å². The zero-order chi connectivity index (χ0) is 74.1. The Hall–Kier alpha value is -9.02. The third kappa shape index (κ3) is 25.4. The predicted molar refractivity (Wildman–Crippen MR) is 403 cm³/mol. The van der Waals surface area contributed by atoms with Crippen molar-refractivity contribution in [3.05, 3.63) is 170 Å². The van der Waals surface area contributed by atoms with Gasteiger partial charge < -0.3 is 75.3 Å². The summed E-state index contributed by atoms with van der Waals surface area (Å²) >= 11 is 12.2. The Kier molecular flexibility index (Phi) is 32.3. The van der Waals surface area contributed by atoms with Crippen LogP contribution in [0.4, 0.5) is 21.0 Å². The lowest BCUT2D eigenvalue weighted by atomic mass is 10.1. The number of phenols is 2. The van der Waals surface area contributed by atoms with Gasteiger partial charge in [0.1, 0.15) is 11.2 Å². The van der Waals surface area contributed by atoms with E-state index in [0.717, 1.165) is 68.2 Å². The van der Waals surface area contributed by atoms with Crippen LogP contribution in [0.2, 0.25) is 0 Å². The fourth-order valence-electron chi connectivity index (χ4n) is 10.2. The highest BCUT2D eigenvalue weighted by Gasteiger charge is 2.32. The maximum absolute atomic E-state index is 12.5. The van der Waals surface area contributed by atoms with Crippen LogP contribution in [0.15, 0.2) is 124 Å². The predicted octanol–water partition coefficient (Wildman–Crippen LogP) is 10.4. The van der Waals surface area contributed by atoms with Crippen LogP contribution in [0.1, 0.15) is 118 Å². The van der Waals surface area contributed by atoms with Crippen LogP contribution < -0.4 is 16.4 Å². The molecule has 0 aliphatic carbocycles. The molecule has 7 aromatic rings. The van der Waals surface area contributed by atoms with E-state index >= 15 is 0 Å². The first kappa shape index (κ1) is 82.9. The molecule has 2 aromatic carbocycles. The Bertz CT molecular complexity index is 3870. The SMILES string of the molecule is C.CC(C)(C)OC(=O)N1CCN(C(=O)c2cccs2)CC1.CC(C)(C)OC(=O)N1CCNCC1.Nc1cccc(C(=O)N2CCN(C(=O)c3cccs3)CC2)c1O.O=C(Cl)c1cccs1.O=C(c1cccs1)N1CCN(C(=O)c2cccc([N+](=O)[O-])c2O)CC1.O=C(c1cccs1)N1CCNCC1. The number of nitro benzene ring substituents is 1. The summed E-state index contributed by atoms with van der Waals surface area (Å²) in [6.07, 6.45) is -0.505. The lowest BCUT2D eigenvalue weighted by Gasteiger charge is -2.35. The number of nitrogens with one attached hydrogen (secondary N) is 2. The molecular formula is C70H89ClN12O15S5. The monoisotopic (exact) mass is 1530 g/mol. The largest absolute Gasteiger partial charge is 0.505 e. The summed E-state index contributed by atoms with van der Waals surface area (Å²) in [5.74, 6) is -1.41. The van der Waals surface area contributed by atoms with Gasteiger partial charge in [0.15, 0.2) is 5.75 Å². The molecule has 10 heterocycles. The summed E-state index contributed by atoms with van der Waals surface area (Å²) in [5.41, 5.74) is 4.53. The Balaban J connectivity index is 0.000000200. The number of piperazine rings is 5. The van der Waals surface area contributed by atoms with Crippen molar-refractivity contribution >= 4 is 133 Å². The van der Waals surface area contributed by atoms with Crippen molar-refractivity contribution in [3.63, 3.8) is 0 Å². The minimum atomic E-state index is -0.732. The molecule has 5 aliphatic rings. The average molecular weight is 1530 g/mol. The number of thiophene rings is 5. The number of benzene rings is 2. The molecule has 556 valence electrons. The highest BCUT2D eigenvalue weighted by atomic mass is 35.5. The number of phenolic OH excluding ortho intramolecular Hbond substituents is 2. The molecule has 8 amide bonds. The lowest BCUT2D eigenvalue weighted by Crippen LogP contribution is -2.51.